The summed E-state index contributed by atoms with van der Waals surface area (Å²) < 4.78 is 13.5. The maximum absolute atomic E-state index is 13.5. The van der Waals surface area contributed by atoms with Crippen LogP contribution in [-0.2, 0) is 0 Å². The van der Waals surface area contributed by atoms with Gasteiger partial charge in [0.05, 0.1) is 11.8 Å². The van der Waals surface area contributed by atoms with E-state index in [-0.39, 0.29) is 42.3 Å². The molecule has 7 heteroatoms. The maximum atomic E-state index is 13.5. The van der Waals surface area contributed by atoms with E-state index in [1.807, 2.05) is 6.92 Å². The van der Waals surface area contributed by atoms with Crippen LogP contribution in [-0.4, -0.2) is 34.9 Å². The zero-order chi connectivity index (χ0) is 12.4. The topological polar surface area (TPSA) is 59.2 Å². The molecular formula is C12H18Cl2FN3O. The predicted molar refractivity (Wildman–Crippen MR) is 76.4 cm³/mol. The zero-order valence-electron chi connectivity index (χ0n) is 10.6. The summed E-state index contributed by atoms with van der Waals surface area (Å²) in [6.07, 6.45) is 3.38. The Bertz CT molecular complexity index is 433. The highest BCUT2D eigenvalue weighted by atomic mass is 35.5. The van der Waals surface area contributed by atoms with Crippen molar-refractivity contribution in [1.29, 1.82) is 0 Å². The van der Waals surface area contributed by atoms with Gasteiger partial charge in [0.1, 0.15) is 0 Å². The van der Waals surface area contributed by atoms with Crippen molar-refractivity contribution in [2.24, 2.45) is 11.7 Å². The van der Waals surface area contributed by atoms with Crippen LogP contribution in [0, 0.1) is 11.7 Å². The van der Waals surface area contributed by atoms with E-state index in [2.05, 4.69) is 4.98 Å². The van der Waals surface area contributed by atoms with Gasteiger partial charge in [0.25, 0.3) is 5.91 Å². The number of carbonyl (C=O) groups excluding carboxylic acids is 1. The van der Waals surface area contributed by atoms with Crippen molar-refractivity contribution in [3.63, 3.8) is 0 Å². The van der Waals surface area contributed by atoms with Crippen molar-refractivity contribution in [2.75, 3.05) is 13.1 Å². The maximum Gasteiger partial charge on any atom is 0.257 e. The van der Waals surface area contributed by atoms with E-state index in [0.717, 1.165) is 12.6 Å². The third-order valence-corrected chi connectivity index (χ3v) is 3.26. The van der Waals surface area contributed by atoms with Gasteiger partial charge in [-0.05, 0) is 31.9 Å². The summed E-state index contributed by atoms with van der Waals surface area (Å²) in [4.78, 5) is 17.5. The number of likely N-dealkylation sites (tertiary alicyclic amines) is 1. The fourth-order valence-corrected chi connectivity index (χ4v) is 2.30. The fourth-order valence-electron chi connectivity index (χ4n) is 2.30. The van der Waals surface area contributed by atoms with E-state index < -0.39 is 5.82 Å². The van der Waals surface area contributed by atoms with Crippen LogP contribution < -0.4 is 5.73 Å². The molecule has 1 aliphatic heterocycles. The monoisotopic (exact) mass is 309 g/mol. The lowest BCUT2D eigenvalue weighted by molar-refractivity contribution is 0.0738. The number of aromatic nitrogens is 1. The van der Waals surface area contributed by atoms with Gasteiger partial charge >= 0.3 is 0 Å². The van der Waals surface area contributed by atoms with Gasteiger partial charge in [0.15, 0.2) is 5.82 Å². The molecule has 2 heterocycles. The zero-order valence-corrected chi connectivity index (χ0v) is 12.2. The summed E-state index contributed by atoms with van der Waals surface area (Å²) in [7, 11) is 0. The first-order valence-electron chi connectivity index (χ1n) is 5.74. The van der Waals surface area contributed by atoms with Crippen LogP contribution in [0.1, 0.15) is 23.7 Å². The van der Waals surface area contributed by atoms with E-state index in [0.29, 0.717) is 19.0 Å². The van der Waals surface area contributed by atoms with E-state index >= 15 is 0 Å². The van der Waals surface area contributed by atoms with Crippen LogP contribution in [0.2, 0.25) is 0 Å². The summed E-state index contributed by atoms with van der Waals surface area (Å²) in [6, 6.07) is 1.53. The van der Waals surface area contributed by atoms with Gasteiger partial charge in [-0.25, -0.2) is 4.39 Å². The highest BCUT2D eigenvalue weighted by Gasteiger charge is 2.32. The minimum absolute atomic E-state index is 0. The second-order valence-corrected chi connectivity index (χ2v) is 4.50. The molecule has 1 aromatic heterocycles. The molecule has 0 radical (unpaired) electrons. The second kappa shape index (κ2) is 7.62. The molecule has 1 fully saturated rings. The Morgan fingerprint density at radius 2 is 2.26 bits per heavy atom. The molecule has 0 saturated carbocycles. The minimum Gasteiger partial charge on any atom is -0.336 e. The first-order chi connectivity index (χ1) is 8.13. The second-order valence-electron chi connectivity index (χ2n) is 4.50. The summed E-state index contributed by atoms with van der Waals surface area (Å²) in [5, 5.41) is 0. The van der Waals surface area contributed by atoms with Gasteiger partial charge in [-0.15, -0.1) is 24.8 Å². The molecular weight excluding hydrogens is 292 g/mol. The number of carbonyl (C=O) groups is 1. The summed E-state index contributed by atoms with van der Waals surface area (Å²) in [5.41, 5.74) is 5.69. The Balaban J connectivity index is 0.00000162. The van der Waals surface area contributed by atoms with Crippen molar-refractivity contribution >= 4 is 30.7 Å². The van der Waals surface area contributed by atoms with Crippen LogP contribution in [0.5, 0.6) is 0 Å². The number of hydrogen-bond donors (Lipinski definition) is 1. The molecule has 2 atom stereocenters. The lowest BCUT2D eigenvalue weighted by atomic mass is 10.1. The third-order valence-electron chi connectivity index (χ3n) is 3.26. The number of amides is 1. The molecule has 0 spiro atoms. The summed E-state index contributed by atoms with van der Waals surface area (Å²) in [6.45, 7) is 3.14. The van der Waals surface area contributed by atoms with Crippen LogP contribution in [0.4, 0.5) is 4.39 Å². The van der Waals surface area contributed by atoms with Crippen molar-refractivity contribution in [3.05, 3.63) is 29.8 Å². The van der Waals surface area contributed by atoms with Crippen LogP contribution in [0.15, 0.2) is 18.5 Å². The largest absolute Gasteiger partial charge is 0.336 e. The molecule has 19 heavy (non-hydrogen) atoms. The highest BCUT2D eigenvalue weighted by molar-refractivity contribution is 5.94. The molecule has 1 saturated heterocycles. The molecule has 4 nitrogen and oxygen atoms in total. The molecule has 2 rings (SSSR count). The van der Waals surface area contributed by atoms with Gasteiger partial charge in [-0.1, -0.05) is 0 Å². The first-order valence-corrected chi connectivity index (χ1v) is 5.74. The van der Waals surface area contributed by atoms with Gasteiger partial charge < -0.3 is 10.6 Å². The van der Waals surface area contributed by atoms with Gasteiger partial charge in [-0.3, -0.25) is 9.78 Å². The van der Waals surface area contributed by atoms with Crippen molar-refractivity contribution in [3.8, 4) is 0 Å². The standard InChI is InChI=1S/C12H16FN3O.2ClH/c1-8-4-9(5-14)7-16(8)12(17)10-2-3-15-6-11(10)13;;/h2-3,6,8-9H,4-5,7,14H2,1H3;2*1H. The fraction of sp³-hybridized carbons (Fsp3) is 0.500. The Morgan fingerprint density at radius 1 is 1.58 bits per heavy atom. The smallest absolute Gasteiger partial charge is 0.257 e. The molecule has 1 aromatic rings. The summed E-state index contributed by atoms with van der Waals surface area (Å²) >= 11 is 0. The molecule has 1 amide bonds. The van der Waals surface area contributed by atoms with Crippen LogP contribution in [0.25, 0.3) is 0 Å². The normalized spacial score (nSPS) is 21.5. The molecule has 0 bridgehead atoms. The Labute approximate surface area is 124 Å². The number of hydrogen-bond acceptors (Lipinski definition) is 3. The molecule has 0 aromatic carbocycles. The van der Waals surface area contributed by atoms with Gasteiger partial charge in [0, 0.05) is 18.8 Å². The number of halogens is 3. The number of pyridine rings is 1. The van der Waals surface area contributed by atoms with Crippen molar-refractivity contribution < 1.29 is 9.18 Å². The predicted octanol–water partition coefficient (Wildman–Crippen LogP) is 1.87. The Morgan fingerprint density at radius 3 is 2.79 bits per heavy atom. The van der Waals surface area contributed by atoms with E-state index in [4.69, 9.17) is 5.73 Å². The molecule has 1 aliphatic rings. The van der Waals surface area contributed by atoms with E-state index in [9.17, 15) is 9.18 Å². The highest BCUT2D eigenvalue weighted by Crippen LogP contribution is 2.24. The SMILES string of the molecule is CC1CC(CN)CN1C(=O)c1ccncc1F.Cl.Cl. The van der Waals surface area contributed by atoms with Gasteiger partial charge in [0.2, 0.25) is 0 Å². The molecule has 2 unspecified atom stereocenters. The van der Waals surface area contributed by atoms with Gasteiger partial charge in [-0.2, -0.15) is 0 Å². The lowest BCUT2D eigenvalue weighted by Gasteiger charge is -2.21. The first kappa shape index (κ1) is 18.1. The van der Waals surface area contributed by atoms with Crippen molar-refractivity contribution in [1.82, 2.24) is 9.88 Å². The Kier molecular flexibility index (Phi) is 7.26. The number of rotatable bonds is 2. The molecule has 0 aliphatic carbocycles. The van der Waals surface area contributed by atoms with E-state index in [1.165, 1.54) is 12.3 Å². The van der Waals surface area contributed by atoms with Crippen LogP contribution in [0.3, 0.4) is 0 Å². The lowest BCUT2D eigenvalue weighted by Crippen LogP contribution is -2.35. The third kappa shape index (κ3) is 3.78. The quantitative estimate of drug-likeness (QED) is 0.907. The van der Waals surface area contributed by atoms with Crippen LogP contribution >= 0.6 is 24.8 Å². The Hall–Kier alpha value is -0.910. The molecule has 108 valence electrons. The number of nitrogens with two attached hydrogens (primary N) is 1. The summed E-state index contributed by atoms with van der Waals surface area (Å²) in [5.74, 6) is -0.520. The van der Waals surface area contributed by atoms with Crippen molar-refractivity contribution in [2.45, 2.75) is 19.4 Å². The number of nitrogens with zero attached hydrogens (tertiary/aromatic N) is 2. The minimum atomic E-state index is -0.569. The van der Waals surface area contributed by atoms with E-state index in [1.54, 1.807) is 4.90 Å². The molecule has 2 N–H and O–H groups in total. The average molecular weight is 310 g/mol. The average Bonchev–Trinajstić information content (AvgIpc) is 2.70.